The topological polar surface area (TPSA) is 72.6 Å². The monoisotopic (exact) mass is 290 g/mol. The van der Waals surface area contributed by atoms with E-state index < -0.39 is 5.97 Å². The third-order valence-corrected chi connectivity index (χ3v) is 3.96. The summed E-state index contributed by atoms with van der Waals surface area (Å²) in [6, 6.07) is 9.52. The van der Waals surface area contributed by atoms with Gasteiger partial charge in [0.2, 0.25) is 5.91 Å². The molecular formula is C16H22N2O3. The fourth-order valence-corrected chi connectivity index (χ4v) is 2.77. The summed E-state index contributed by atoms with van der Waals surface area (Å²) >= 11 is 0. The molecule has 1 aliphatic rings. The molecule has 5 nitrogen and oxygen atoms in total. The number of rotatable bonds is 5. The molecule has 0 aromatic heterocycles. The van der Waals surface area contributed by atoms with E-state index in [1.54, 1.807) is 4.90 Å². The fraction of sp³-hybridized carbons (Fsp3) is 0.500. The molecule has 0 heterocycles. The first-order valence-electron chi connectivity index (χ1n) is 7.27. The maximum Gasteiger partial charge on any atom is 0.325 e. The van der Waals surface area contributed by atoms with Crippen molar-refractivity contribution in [2.75, 3.05) is 13.7 Å². The minimum atomic E-state index is -0.411. The van der Waals surface area contributed by atoms with Crippen LogP contribution in [0.5, 0.6) is 0 Å². The van der Waals surface area contributed by atoms with Gasteiger partial charge in [-0.05, 0) is 18.4 Å². The quantitative estimate of drug-likeness (QED) is 0.830. The summed E-state index contributed by atoms with van der Waals surface area (Å²) in [5.74, 6) is -0.640. The highest BCUT2D eigenvalue weighted by Gasteiger charge is 2.34. The SMILES string of the molecule is COC(=O)CN(Cc1ccccc1)C(=O)C1CCCC1N. The van der Waals surface area contributed by atoms with Crippen molar-refractivity contribution in [1.82, 2.24) is 4.90 Å². The molecule has 2 atom stereocenters. The van der Waals surface area contributed by atoms with E-state index in [1.165, 1.54) is 7.11 Å². The van der Waals surface area contributed by atoms with Gasteiger partial charge in [0.15, 0.2) is 0 Å². The van der Waals surface area contributed by atoms with E-state index in [9.17, 15) is 9.59 Å². The molecule has 0 bridgehead atoms. The van der Waals surface area contributed by atoms with Gasteiger partial charge in [-0.15, -0.1) is 0 Å². The molecule has 1 aromatic rings. The first-order valence-corrected chi connectivity index (χ1v) is 7.27. The number of carbonyl (C=O) groups is 2. The second kappa shape index (κ2) is 7.22. The maximum absolute atomic E-state index is 12.6. The van der Waals surface area contributed by atoms with Crippen LogP contribution in [-0.4, -0.2) is 36.5 Å². The van der Waals surface area contributed by atoms with Gasteiger partial charge in [0.1, 0.15) is 6.54 Å². The van der Waals surface area contributed by atoms with Gasteiger partial charge in [-0.2, -0.15) is 0 Å². The summed E-state index contributed by atoms with van der Waals surface area (Å²) in [4.78, 5) is 25.8. The number of nitrogens with two attached hydrogens (primary N) is 1. The summed E-state index contributed by atoms with van der Waals surface area (Å²) in [5, 5.41) is 0. The predicted molar refractivity (Wildman–Crippen MR) is 79.2 cm³/mol. The van der Waals surface area contributed by atoms with Crippen LogP contribution in [0.4, 0.5) is 0 Å². The fourth-order valence-electron chi connectivity index (χ4n) is 2.77. The Morgan fingerprint density at radius 1 is 1.29 bits per heavy atom. The largest absolute Gasteiger partial charge is 0.468 e. The van der Waals surface area contributed by atoms with Gasteiger partial charge in [-0.1, -0.05) is 36.8 Å². The number of methoxy groups -OCH3 is 1. The first-order chi connectivity index (χ1) is 10.1. The van der Waals surface area contributed by atoms with Crippen molar-refractivity contribution < 1.29 is 14.3 Å². The zero-order valence-electron chi connectivity index (χ0n) is 12.3. The Hall–Kier alpha value is -1.88. The lowest BCUT2D eigenvalue weighted by molar-refractivity contribution is -0.149. The Bertz CT molecular complexity index is 490. The van der Waals surface area contributed by atoms with E-state index in [0.717, 1.165) is 24.8 Å². The van der Waals surface area contributed by atoms with E-state index in [-0.39, 0.29) is 24.4 Å². The number of amides is 1. The van der Waals surface area contributed by atoms with Gasteiger partial charge in [0.25, 0.3) is 0 Å². The molecule has 114 valence electrons. The van der Waals surface area contributed by atoms with Crippen molar-refractivity contribution in [1.29, 1.82) is 0 Å². The highest BCUT2D eigenvalue weighted by molar-refractivity contribution is 5.84. The van der Waals surface area contributed by atoms with E-state index >= 15 is 0 Å². The Balaban J connectivity index is 2.11. The molecule has 21 heavy (non-hydrogen) atoms. The van der Waals surface area contributed by atoms with Gasteiger partial charge in [0, 0.05) is 12.6 Å². The Labute approximate surface area is 125 Å². The molecule has 1 saturated carbocycles. The van der Waals surface area contributed by atoms with Crippen LogP contribution in [0.15, 0.2) is 30.3 Å². The molecule has 0 aliphatic heterocycles. The number of carbonyl (C=O) groups excluding carboxylic acids is 2. The molecule has 0 saturated heterocycles. The van der Waals surface area contributed by atoms with Crippen molar-refractivity contribution in [3.05, 3.63) is 35.9 Å². The molecule has 1 aromatic carbocycles. The van der Waals surface area contributed by atoms with Gasteiger partial charge in [-0.25, -0.2) is 0 Å². The van der Waals surface area contributed by atoms with Crippen LogP contribution < -0.4 is 5.73 Å². The van der Waals surface area contributed by atoms with Gasteiger partial charge in [0.05, 0.1) is 13.0 Å². The summed E-state index contributed by atoms with van der Waals surface area (Å²) in [6.07, 6.45) is 2.63. The number of ether oxygens (including phenoxy) is 1. The lowest BCUT2D eigenvalue weighted by Gasteiger charge is -2.26. The molecular weight excluding hydrogens is 268 g/mol. The van der Waals surface area contributed by atoms with Crippen LogP contribution in [-0.2, 0) is 20.9 Å². The highest BCUT2D eigenvalue weighted by atomic mass is 16.5. The minimum Gasteiger partial charge on any atom is -0.468 e. The molecule has 2 rings (SSSR count). The van der Waals surface area contributed by atoms with E-state index in [0.29, 0.717) is 6.54 Å². The Kier molecular flexibility index (Phi) is 5.33. The second-order valence-corrected chi connectivity index (χ2v) is 5.46. The third kappa shape index (κ3) is 4.04. The molecule has 1 amide bonds. The van der Waals surface area contributed by atoms with Gasteiger partial charge >= 0.3 is 5.97 Å². The van der Waals surface area contributed by atoms with Crippen molar-refractivity contribution in [2.24, 2.45) is 11.7 Å². The standard InChI is InChI=1S/C16H22N2O3/c1-21-15(19)11-18(10-12-6-3-2-4-7-12)16(20)13-8-5-9-14(13)17/h2-4,6-7,13-14H,5,8-11,17H2,1H3. The highest BCUT2D eigenvalue weighted by Crippen LogP contribution is 2.26. The van der Waals surface area contributed by atoms with Crippen molar-refractivity contribution in [2.45, 2.75) is 31.8 Å². The average Bonchev–Trinajstić information content (AvgIpc) is 2.93. The lowest BCUT2D eigenvalue weighted by Crippen LogP contribution is -2.43. The normalized spacial score (nSPS) is 21.0. The Morgan fingerprint density at radius 2 is 2.00 bits per heavy atom. The van der Waals surface area contributed by atoms with Crippen LogP contribution in [0.1, 0.15) is 24.8 Å². The van der Waals surface area contributed by atoms with E-state index in [2.05, 4.69) is 0 Å². The van der Waals surface area contributed by atoms with Crippen LogP contribution in [0.2, 0.25) is 0 Å². The lowest BCUT2D eigenvalue weighted by atomic mass is 10.0. The van der Waals surface area contributed by atoms with Crippen molar-refractivity contribution in [3.8, 4) is 0 Å². The van der Waals surface area contributed by atoms with Gasteiger partial charge in [-0.3, -0.25) is 9.59 Å². The number of hydrogen-bond acceptors (Lipinski definition) is 4. The molecule has 0 spiro atoms. The average molecular weight is 290 g/mol. The van der Waals surface area contributed by atoms with Crippen molar-refractivity contribution >= 4 is 11.9 Å². The predicted octanol–water partition coefficient (Wildman–Crippen LogP) is 1.32. The van der Waals surface area contributed by atoms with Crippen molar-refractivity contribution in [3.63, 3.8) is 0 Å². The smallest absolute Gasteiger partial charge is 0.325 e. The van der Waals surface area contributed by atoms with Crippen LogP contribution >= 0.6 is 0 Å². The van der Waals surface area contributed by atoms with Crippen LogP contribution in [0, 0.1) is 5.92 Å². The molecule has 5 heteroatoms. The molecule has 2 N–H and O–H groups in total. The molecule has 1 aliphatic carbocycles. The Morgan fingerprint density at radius 3 is 2.57 bits per heavy atom. The summed E-state index contributed by atoms with van der Waals surface area (Å²) in [7, 11) is 1.33. The summed E-state index contributed by atoms with van der Waals surface area (Å²) in [5.41, 5.74) is 7.00. The van der Waals surface area contributed by atoms with E-state index in [4.69, 9.17) is 10.5 Å². The molecule has 2 unspecified atom stereocenters. The first kappa shape index (κ1) is 15.5. The number of nitrogens with zero attached hydrogens (tertiary/aromatic N) is 1. The van der Waals surface area contributed by atoms with Crippen LogP contribution in [0.3, 0.4) is 0 Å². The maximum atomic E-state index is 12.6. The summed E-state index contributed by atoms with van der Waals surface area (Å²) < 4.78 is 4.69. The molecule has 1 fully saturated rings. The van der Waals surface area contributed by atoms with Crippen LogP contribution in [0.25, 0.3) is 0 Å². The zero-order chi connectivity index (χ0) is 15.2. The summed E-state index contributed by atoms with van der Waals surface area (Å²) in [6.45, 7) is 0.367. The third-order valence-electron chi connectivity index (χ3n) is 3.96. The minimum absolute atomic E-state index is 0.0343. The zero-order valence-corrected chi connectivity index (χ0v) is 12.3. The van der Waals surface area contributed by atoms with Gasteiger partial charge < -0.3 is 15.4 Å². The second-order valence-electron chi connectivity index (χ2n) is 5.46. The number of esters is 1. The number of benzene rings is 1. The molecule has 0 radical (unpaired) electrons. The van der Waals surface area contributed by atoms with E-state index in [1.807, 2.05) is 30.3 Å². The number of hydrogen-bond donors (Lipinski definition) is 1.